The molecule has 2 nitrogen and oxygen atoms in total. The number of hydrogen-bond acceptors (Lipinski definition) is 2. The Morgan fingerprint density at radius 1 is 1.10 bits per heavy atom. The minimum atomic E-state index is -0.717. The molecule has 0 bridgehead atoms. The summed E-state index contributed by atoms with van der Waals surface area (Å²) in [5, 5.41) is 3.27. The van der Waals surface area contributed by atoms with Crippen LogP contribution in [0.3, 0.4) is 0 Å². The molecule has 112 valence electrons. The second kappa shape index (κ2) is 7.52. The van der Waals surface area contributed by atoms with Gasteiger partial charge in [-0.2, -0.15) is 0 Å². The Morgan fingerprint density at radius 2 is 1.86 bits per heavy atom. The highest BCUT2D eigenvalue weighted by Gasteiger charge is 2.10. The summed E-state index contributed by atoms with van der Waals surface area (Å²) in [4.78, 5) is 0. The van der Waals surface area contributed by atoms with Crippen LogP contribution < -0.4 is 10.1 Å². The van der Waals surface area contributed by atoms with Crippen LogP contribution in [-0.2, 0) is 6.54 Å². The summed E-state index contributed by atoms with van der Waals surface area (Å²) in [7, 11) is 0. The summed E-state index contributed by atoms with van der Waals surface area (Å²) < 4.78 is 33.1. The van der Waals surface area contributed by atoms with Crippen LogP contribution in [0.1, 0.15) is 18.9 Å². The van der Waals surface area contributed by atoms with Crippen LogP contribution in [0.25, 0.3) is 0 Å². The number of halogens is 3. The molecule has 21 heavy (non-hydrogen) atoms. The monoisotopic (exact) mass is 355 g/mol. The molecule has 0 unspecified atom stereocenters. The van der Waals surface area contributed by atoms with E-state index in [1.54, 1.807) is 6.07 Å². The van der Waals surface area contributed by atoms with E-state index in [4.69, 9.17) is 4.74 Å². The molecule has 0 saturated carbocycles. The third-order valence-corrected chi connectivity index (χ3v) is 3.37. The highest BCUT2D eigenvalue weighted by atomic mass is 79.9. The molecule has 0 spiro atoms. The van der Waals surface area contributed by atoms with Crippen molar-refractivity contribution in [2.24, 2.45) is 0 Å². The highest BCUT2D eigenvalue weighted by Crippen LogP contribution is 2.30. The molecule has 0 aliphatic rings. The second-order valence-electron chi connectivity index (χ2n) is 4.61. The molecule has 0 amide bonds. The lowest BCUT2D eigenvalue weighted by Crippen LogP contribution is -2.14. The van der Waals surface area contributed by atoms with Crippen molar-refractivity contribution in [1.82, 2.24) is 5.32 Å². The quantitative estimate of drug-likeness (QED) is 0.734. The van der Waals surface area contributed by atoms with E-state index in [1.807, 2.05) is 12.1 Å². The first kappa shape index (κ1) is 15.9. The van der Waals surface area contributed by atoms with Crippen LogP contribution in [0, 0.1) is 11.6 Å². The van der Waals surface area contributed by atoms with Crippen molar-refractivity contribution in [3.05, 3.63) is 58.1 Å². The molecule has 2 rings (SSSR count). The fourth-order valence-electron chi connectivity index (χ4n) is 1.86. The third kappa shape index (κ3) is 4.51. The molecular formula is C16H16BrF2NO. The van der Waals surface area contributed by atoms with Gasteiger partial charge in [0.2, 0.25) is 0 Å². The average molecular weight is 356 g/mol. The predicted molar refractivity (Wildman–Crippen MR) is 82.6 cm³/mol. The lowest BCUT2D eigenvalue weighted by Gasteiger charge is -2.13. The Balaban J connectivity index is 2.22. The van der Waals surface area contributed by atoms with Crippen molar-refractivity contribution in [1.29, 1.82) is 0 Å². The largest absolute Gasteiger partial charge is 0.454 e. The van der Waals surface area contributed by atoms with Crippen molar-refractivity contribution in [3.63, 3.8) is 0 Å². The van der Waals surface area contributed by atoms with Crippen molar-refractivity contribution in [2.75, 3.05) is 6.54 Å². The minimum absolute atomic E-state index is 0.00969. The normalized spacial score (nSPS) is 10.7. The van der Waals surface area contributed by atoms with E-state index >= 15 is 0 Å². The number of ether oxygens (including phenoxy) is 1. The molecule has 2 aromatic rings. The summed E-state index contributed by atoms with van der Waals surface area (Å²) in [5.74, 6) is -0.784. The Hall–Kier alpha value is -1.46. The van der Waals surface area contributed by atoms with E-state index in [2.05, 4.69) is 28.2 Å². The Kier molecular flexibility index (Phi) is 5.70. The van der Waals surface area contributed by atoms with E-state index in [-0.39, 0.29) is 5.75 Å². The SMILES string of the molecule is CCCNCc1cc(Br)ccc1Oc1ccc(F)cc1F. The molecule has 0 aromatic heterocycles. The van der Waals surface area contributed by atoms with Gasteiger partial charge in [0, 0.05) is 22.6 Å². The van der Waals surface area contributed by atoms with Crippen LogP contribution in [0.15, 0.2) is 40.9 Å². The van der Waals surface area contributed by atoms with Gasteiger partial charge in [0.1, 0.15) is 11.6 Å². The number of benzene rings is 2. The molecule has 0 saturated heterocycles. The van der Waals surface area contributed by atoms with Crippen molar-refractivity contribution >= 4 is 15.9 Å². The maximum atomic E-state index is 13.7. The number of nitrogens with one attached hydrogen (secondary N) is 1. The smallest absolute Gasteiger partial charge is 0.168 e. The first-order valence-electron chi connectivity index (χ1n) is 6.72. The number of hydrogen-bond donors (Lipinski definition) is 1. The maximum Gasteiger partial charge on any atom is 0.168 e. The standard InChI is InChI=1S/C16H16BrF2NO/c1-2-7-20-10-11-8-12(17)3-5-15(11)21-16-6-4-13(18)9-14(16)19/h3-6,8-9,20H,2,7,10H2,1H3. The van der Waals surface area contributed by atoms with E-state index in [0.717, 1.165) is 29.1 Å². The van der Waals surface area contributed by atoms with E-state index in [0.29, 0.717) is 12.3 Å². The molecule has 0 radical (unpaired) electrons. The summed E-state index contributed by atoms with van der Waals surface area (Å²) in [6.07, 6.45) is 1.02. The van der Waals surface area contributed by atoms with Crippen LogP contribution in [0.5, 0.6) is 11.5 Å². The van der Waals surface area contributed by atoms with Gasteiger partial charge in [-0.05, 0) is 43.3 Å². The van der Waals surface area contributed by atoms with Gasteiger partial charge in [0.25, 0.3) is 0 Å². The van der Waals surface area contributed by atoms with Gasteiger partial charge in [-0.3, -0.25) is 0 Å². The van der Waals surface area contributed by atoms with E-state index in [1.165, 1.54) is 12.1 Å². The first-order valence-corrected chi connectivity index (χ1v) is 7.51. The van der Waals surface area contributed by atoms with Crippen molar-refractivity contribution in [2.45, 2.75) is 19.9 Å². The van der Waals surface area contributed by atoms with Crippen LogP contribution >= 0.6 is 15.9 Å². The summed E-state index contributed by atoms with van der Waals surface area (Å²) >= 11 is 3.41. The zero-order valence-electron chi connectivity index (χ0n) is 11.6. The summed E-state index contributed by atoms with van der Waals surface area (Å²) in [6, 6.07) is 8.76. The fraction of sp³-hybridized carbons (Fsp3) is 0.250. The summed E-state index contributed by atoms with van der Waals surface area (Å²) in [5.41, 5.74) is 0.904. The predicted octanol–water partition coefficient (Wildman–Crippen LogP) is 5.02. The zero-order valence-corrected chi connectivity index (χ0v) is 13.2. The summed E-state index contributed by atoms with van der Waals surface area (Å²) in [6.45, 7) is 3.58. The van der Waals surface area contributed by atoms with Gasteiger partial charge in [-0.1, -0.05) is 22.9 Å². The Morgan fingerprint density at radius 3 is 2.57 bits per heavy atom. The molecule has 1 N–H and O–H groups in total. The van der Waals surface area contributed by atoms with Gasteiger partial charge in [-0.25, -0.2) is 8.78 Å². The molecule has 0 atom stereocenters. The average Bonchev–Trinajstić information content (AvgIpc) is 2.44. The van der Waals surface area contributed by atoms with Gasteiger partial charge in [0.15, 0.2) is 11.6 Å². The zero-order chi connectivity index (χ0) is 15.2. The van der Waals surface area contributed by atoms with Gasteiger partial charge in [-0.15, -0.1) is 0 Å². The minimum Gasteiger partial charge on any atom is -0.454 e. The molecule has 0 aliphatic heterocycles. The highest BCUT2D eigenvalue weighted by molar-refractivity contribution is 9.10. The van der Waals surface area contributed by atoms with Gasteiger partial charge >= 0.3 is 0 Å². The lowest BCUT2D eigenvalue weighted by atomic mass is 10.2. The van der Waals surface area contributed by atoms with Crippen LogP contribution in [-0.4, -0.2) is 6.54 Å². The van der Waals surface area contributed by atoms with Crippen LogP contribution in [0.4, 0.5) is 8.78 Å². The Bertz CT molecular complexity index is 619. The molecule has 0 aliphatic carbocycles. The second-order valence-corrected chi connectivity index (χ2v) is 5.52. The van der Waals surface area contributed by atoms with E-state index in [9.17, 15) is 8.78 Å². The van der Waals surface area contributed by atoms with Crippen LogP contribution in [0.2, 0.25) is 0 Å². The van der Waals surface area contributed by atoms with Gasteiger partial charge < -0.3 is 10.1 Å². The topological polar surface area (TPSA) is 21.3 Å². The third-order valence-electron chi connectivity index (χ3n) is 2.88. The van der Waals surface area contributed by atoms with Gasteiger partial charge in [0.05, 0.1) is 0 Å². The number of rotatable bonds is 6. The molecule has 0 fully saturated rings. The Labute approximate surface area is 131 Å². The maximum absolute atomic E-state index is 13.7. The first-order chi connectivity index (χ1) is 10.1. The molecule has 0 heterocycles. The molecular weight excluding hydrogens is 340 g/mol. The van der Waals surface area contributed by atoms with E-state index < -0.39 is 11.6 Å². The van der Waals surface area contributed by atoms with Crippen molar-refractivity contribution < 1.29 is 13.5 Å². The lowest BCUT2D eigenvalue weighted by molar-refractivity contribution is 0.431. The fourth-order valence-corrected chi connectivity index (χ4v) is 2.27. The van der Waals surface area contributed by atoms with Crippen molar-refractivity contribution in [3.8, 4) is 11.5 Å². The molecule has 2 aromatic carbocycles. The molecule has 5 heteroatoms.